The number of nitrogens with zero attached hydrogens (tertiary/aromatic N) is 1. The highest BCUT2D eigenvalue weighted by molar-refractivity contribution is 5.55. The summed E-state index contributed by atoms with van der Waals surface area (Å²) in [5.41, 5.74) is 8.62. The number of hydrogen-bond acceptors (Lipinski definition) is 3. The van der Waals surface area contributed by atoms with E-state index in [1.54, 1.807) is 6.26 Å². The molecule has 1 aromatic carbocycles. The van der Waals surface area contributed by atoms with Crippen molar-refractivity contribution in [3.05, 3.63) is 54.0 Å². The van der Waals surface area contributed by atoms with Crippen LogP contribution in [-0.2, 0) is 6.54 Å². The van der Waals surface area contributed by atoms with Gasteiger partial charge >= 0.3 is 0 Å². The third-order valence-corrected chi connectivity index (χ3v) is 3.43. The largest absolute Gasteiger partial charge is 0.467 e. The Kier molecular flexibility index (Phi) is 4.63. The van der Waals surface area contributed by atoms with Gasteiger partial charge in [0.2, 0.25) is 0 Å². The van der Waals surface area contributed by atoms with Crippen molar-refractivity contribution in [3.8, 4) is 0 Å². The van der Waals surface area contributed by atoms with Crippen molar-refractivity contribution in [1.82, 2.24) is 0 Å². The average molecular weight is 258 g/mol. The minimum absolute atomic E-state index is 0.0850. The molecular formula is C16H22N2O. The Morgan fingerprint density at radius 2 is 1.95 bits per heavy atom. The fourth-order valence-corrected chi connectivity index (χ4v) is 2.27. The van der Waals surface area contributed by atoms with Gasteiger partial charge in [-0.2, -0.15) is 0 Å². The number of anilines is 1. The fourth-order valence-electron chi connectivity index (χ4n) is 2.27. The van der Waals surface area contributed by atoms with Gasteiger partial charge in [0.15, 0.2) is 0 Å². The molecule has 1 aromatic heterocycles. The van der Waals surface area contributed by atoms with Gasteiger partial charge in [-0.25, -0.2) is 0 Å². The van der Waals surface area contributed by atoms with Crippen LogP contribution in [0.3, 0.4) is 0 Å². The van der Waals surface area contributed by atoms with E-state index in [-0.39, 0.29) is 6.04 Å². The lowest BCUT2D eigenvalue weighted by Crippen LogP contribution is -2.24. The smallest absolute Gasteiger partial charge is 0.123 e. The molecule has 1 heterocycles. The van der Waals surface area contributed by atoms with Crippen molar-refractivity contribution in [2.75, 3.05) is 11.4 Å². The molecule has 0 fully saturated rings. The van der Waals surface area contributed by atoms with E-state index in [1.165, 1.54) is 11.3 Å². The van der Waals surface area contributed by atoms with Crippen LogP contribution in [0, 0.1) is 0 Å². The number of nitrogens with two attached hydrogens (primary N) is 1. The SMILES string of the molecule is CCC(N)c1ccccc1N(CC)Cc1ccco1. The van der Waals surface area contributed by atoms with Crippen molar-refractivity contribution >= 4 is 5.69 Å². The van der Waals surface area contributed by atoms with Crippen molar-refractivity contribution in [1.29, 1.82) is 0 Å². The van der Waals surface area contributed by atoms with Crippen LogP contribution >= 0.6 is 0 Å². The first-order valence-electron chi connectivity index (χ1n) is 6.88. The number of para-hydroxylation sites is 1. The summed E-state index contributed by atoms with van der Waals surface area (Å²) in [5, 5.41) is 0. The Morgan fingerprint density at radius 3 is 2.58 bits per heavy atom. The van der Waals surface area contributed by atoms with Gasteiger partial charge in [-0.15, -0.1) is 0 Å². The molecule has 2 aromatic rings. The molecule has 0 radical (unpaired) electrons. The predicted molar refractivity (Wildman–Crippen MR) is 79.1 cm³/mol. The molecule has 3 heteroatoms. The van der Waals surface area contributed by atoms with Gasteiger partial charge in [0.1, 0.15) is 5.76 Å². The highest BCUT2D eigenvalue weighted by atomic mass is 16.3. The van der Waals surface area contributed by atoms with Gasteiger partial charge in [-0.1, -0.05) is 25.1 Å². The van der Waals surface area contributed by atoms with Gasteiger partial charge in [-0.3, -0.25) is 0 Å². The van der Waals surface area contributed by atoms with Gasteiger partial charge in [0.25, 0.3) is 0 Å². The van der Waals surface area contributed by atoms with Crippen LogP contribution in [0.2, 0.25) is 0 Å². The van der Waals surface area contributed by atoms with Crippen LogP contribution in [0.4, 0.5) is 5.69 Å². The molecule has 19 heavy (non-hydrogen) atoms. The molecule has 0 aliphatic carbocycles. The molecular weight excluding hydrogens is 236 g/mol. The topological polar surface area (TPSA) is 42.4 Å². The Bertz CT molecular complexity index is 493. The second-order valence-corrected chi connectivity index (χ2v) is 4.67. The second-order valence-electron chi connectivity index (χ2n) is 4.67. The minimum atomic E-state index is 0.0850. The van der Waals surface area contributed by atoms with Crippen LogP contribution in [0.25, 0.3) is 0 Å². The summed E-state index contributed by atoms with van der Waals surface area (Å²) < 4.78 is 5.44. The summed E-state index contributed by atoms with van der Waals surface area (Å²) >= 11 is 0. The van der Waals surface area contributed by atoms with E-state index in [4.69, 9.17) is 10.2 Å². The summed E-state index contributed by atoms with van der Waals surface area (Å²) in [5.74, 6) is 0.974. The minimum Gasteiger partial charge on any atom is -0.467 e. The molecule has 1 unspecified atom stereocenters. The zero-order valence-electron chi connectivity index (χ0n) is 11.7. The number of rotatable bonds is 6. The van der Waals surface area contributed by atoms with E-state index in [0.717, 1.165) is 25.3 Å². The lowest BCUT2D eigenvalue weighted by molar-refractivity contribution is 0.503. The quantitative estimate of drug-likeness (QED) is 0.858. The van der Waals surface area contributed by atoms with E-state index in [9.17, 15) is 0 Å². The van der Waals surface area contributed by atoms with Gasteiger partial charge in [-0.05, 0) is 37.1 Å². The van der Waals surface area contributed by atoms with Crippen molar-refractivity contribution in [2.24, 2.45) is 5.73 Å². The van der Waals surface area contributed by atoms with Crippen molar-refractivity contribution in [2.45, 2.75) is 32.9 Å². The molecule has 0 aliphatic rings. The molecule has 3 nitrogen and oxygen atoms in total. The lowest BCUT2D eigenvalue weighted by atomic mass is 10.0. The highest BCUT2D eigenvalue weighted by Crippen LogP contribution is 2.27. The maximum absolute atomic E-state index is 6.21. The van der Waals surface area contributed by atoms with E-state index < -0.39 is 0 Å². The first kappa shape index (κ1) is 13.7. The maximum atomic E-state index is 6.21. The van der Waals surface area contributed by atoms with E-state index in [0.29, 0.717) is 0 Å². The molecule has 0 spiro atoms. The van der Waals surface area contributed by atoms with Crippen molar-refractivity contribution in [3.63, 3.8) is 0 Å². The molecule has 0 amide bonds. The van der Waals surface area contributed by atoms with Crippen LogP contribution in [0.1, 0.15) is 37.6 Å². The normalized spacial score (nSPS) is 12.4. The van der Waals surface area contributed by atoms with Crippen LogP contribution in [0.5, 0.6) is 0 Å². The predicted octanol–water partition coefficient (Wildman–Crippen LogP) is 3.72. The molecule has 2 N–H and O–H groups in total. The summed E-state index contributed by atoms with van der Waals surface area (Å²) in [6, 6.07) is 12.4. The first-order valence-corrected chi connectivity index (χ1v) is 6.88. The Balaban J connectivity index is 2.27. The van der Waals surface area contributed by atoms with Crippen molar-refractivity contribution < 1.29 is 4.42 Å². The van der Waals surface area contributed by atoms with E-state index in [2.05, 4.69) is 43.0 Å². The molecule has 0 bridgehead atoms. The molecule has 1 atom stereocenters. The number of furan rings is 1. The van der Waals surface area contributed by atoms with Crippen LogP contribution < -0.4 is 10.6 Å². The highest BCUT2D eigenvalue weighted by Gasteiger charge is 2.14. The molecule has 0 aliphatic heterocycles. The monoisotopic (exact) mass is 258 g/mol. The average Bonchev–Trinajstić information content (AvgIpc) is 2.97. The zero-order valence-corrected chi connectivity index (χ0v) is 11.7. The Hall–Kier alpha value is -1.74. The maximum Gasteiger partial charge on any atom is 0.123 e. The Morgan fingerprint density at radius 1 is 1.16 bits per heavy atom. The summed E-state index contributed by atoms with van der Waals surface area (Å²) in [6.45, 7) is 5.96. The number of hydrogen-bond donors (Lipinski definition) is 1. The lowest BCUT2D eigenvalue weighted by Gasteiger charge is -2.26. The summed E-state index contributed by atoms with van der Waals surface area (Å²) in [6.07, 6.45) is 2.65. The third-order valence-electron chi connectivity index (χ3n) is 3.43. The zero-order chi connectivity index (χ0) is 13.7. The van der Waals surface area contributed by atoms with Crippen LogP contribution in [0.15, 0.2) is 47.1 Å². The fraction of sp³-hybridized carbons (Fsp3) is 0.375. The van der Waals surface area contributed by atoms with E-state index in [1.807, 2.05) is 12.1 Å². The Labute approximate surface area is 115 Å². The molecule has 102 valence electrons. The first-order chi connectivity index (χ1) is 9.26. The second kappa shape index (κ2) is 6.43. The molecule has 0 saturated carbocycles. The van der Waals surface area contributed by atoms with Gasteiger partial charge in [0, 0.05) is 18.3 Å². The third kappa shape index (κ3) is 3.18. The van der Waals surface area contributed by atoms with Crippen LogP contribution in [-0.4, -0.2) is 6.54 Å². The van der Waals surface area contributed by atoms with Gasteiger partial charge < -0.3 is 15.1 Å². The standard InChI is InChI=1S/C16H22N2O/c1-3-15(17)14-9-5-6-10-16(14)18(4-2)12-13-8-7-11-19-13/h5-11,15H,3-4,12,17H2,1-2H3. The van der Waals surface area contributed by atoms with Gasteiger partial charge in [0.05, 0.1) is 12.8 Å². The van der Waals surface area contributed by atoms with E-state index >= 15 is 0 Å². The summed E-state index contributed by atoms with van der Waals surface area (Å²) in [4.78, 5) is 2.30. The number of benzene rings is 1. The summed E-state index contributed by atoms with van der Waals surface area (Å²) in [7, 11) is 0. The molecule has 0 saturated heterocycles. The molecule has 2 rings (SSSR count).